The van der Waals surface area contributed by atoms with E-state index in [1.54, 1.807) is 6.07 Å². The predicted molar refractivity (Wildman–Crippen MR) is 100 cm³/mol. The number of rotatable bonds is 5. The Hall–Kier alpha value is -3.41. The third-order valence-corrected chi connectivity index (χ3v) is 4.01. The summed E-state index contributed by atoms with van der Waals surface area (Å²) in [5.74, 6) is -1.53. The van der Waals surface area contributed by atoms with E-state index in [0.717, 1.165) is 16.3 Å². The number of amides is 2. The molecular weight excluding hydrogens is 347 g/mol. The Morgan fingerprint density at radius 1 is 0.963 bits per heavy atom. The number of para-hydroxylation sites is 1. The Labute approximate surface area is 156 Å². The summed E-state index contributed by atoms with van der Waals surface area (Å²) in [5.41, 5.74) is 5.47. The molecule has 0 spiro atoms. The number of hydrogen-bond donors (Lipinski definition) is 2. The predicted octanol–water partition coefficient (Wildman–Crippen LogP) is 3.14. The summed E-state index contributed by atoms with van der Waals surface area (Å²) in [5, 5.41) is 2.13. The second-order valence-corrected chi connectivity index (χ2v) is 6.09. The second-order valence-electron chi connectivity index (χ2n) is 6.09. The maximum Gasteiger partial charge on any atom is 0.279 e. The lowest BCUT2D eigenvalue weighted by Crippen LogP contribution is -2.47. The third kappa shape index (κ3) is 4.82. The van der Waals surface area contributed by atoms with Crippen molar-refractivity contribution in [1.29, 1.82) is 0 Å². The van der Waals surface area contributed by atoms with Gasteiger partial charge in [0.1, 0.15) is 0 Å². The topological polar surface area (TPSA) is 67.4 Å². The van der Waals surface area contributed by atoms with Gasteiger partial charge in [-0.1, -0.05) is 54.6 Å². The number of carbonyl (C=O) groups is 2. The van der Waals surface area contributed by atoms with Crippen molar-refractivity contribution in [1.82, 2.24) is 10.9 Å². The molecule has 0 bridgehead atoms. The van der Waals surface area contributed by atoms with Gasteiger partial charge in [0.25, 0.3) is 5.91 Å². The Kier molecular flexibility index (Phi) is 5.66. The van der Waals surface area contributed by atoms with Gasteiger partial charge in [0.15, 0.2) is 17.7 Å². The molecule has 6 heteroatoms. The van der Waals surface area contributed by atoms with Gasteiger partial charge >= 0.3 is 0 Å². The Morgan fingerprint density at radius 3 is 2.44 bits per heavy atom. The Bertz CT molecular complexity index is 974. The summed E-state index contributed by atoms with van der Waals surface area (Å²) in [6, 6.07) is 19.4. The maximum absolute atomic E-state index is 13.6. The first-order valence-electron chi connectivity index (χ1n) is 8.50. The van der Waals surface area contributed by atoms with E-state index in [-0.39, 0.29) is 18.1 Å². The summed E-state index contributed by atoms with van der Waals surface area (Å²) in [4.78, 5) is 24.1. The van der Waals surface area contributed by atoms with Crippen LogP contribution in [-0.4, -0.2) is 17.9 Å². The van der Waals surface area contributed by atoms with Crippen molar-refractivity contribution >= 4 is 22.6 Å². The van der Waals surface area contributed by atoms with Crippen molar-refractivity contribution in [2.75, 3.05) is 0 Å². The van der Waals surface area contributed by atoms with E-state index < -0.39 is 17.8 Å². The maximum atomic E-state index is 13.6. The first kappa shape index (κ1) is 18.4. The number of hydrogen-bond acceptors (Lipinski definition) is 3. The van der Waals surface area contributed by atoms with Crippen LogP contribution in [0, 0.1) is 5.82 Å². The van der Waals surface area contributed by atoms with E-state index in [1.807, 2.05) is 42.5 Å². The van der Waals surface area contributed by atoms with Crippen LogP contribution in [0.25, 0.3) is 10.8 Å². The van der Waals surface area contributed by atoms with E-state index in [1.165, 1.54) is 25.1 Å². The van der Waals surface area contributed by atoms with Crippen LogP contribution in [0.15, 0.2) is 66.7 Å². The number of nitrogens with one attached hydrogen (secondary N) is 2. The average molecular weight is 366 g/mol. The standard InChI is InChI=1S/C21H19FN2O3/c1-14(27-19-9-5-4-8-18(19)22)21(26)24-23-20(25)13-15-10-11-16-6-2-3-7-17(16)12-15/h2-12,14H,13H2,1H3,(H,23,25)(H,24,26)/t14-/m0/s1. The molecular formula is C21H19FN2O3. The zero-order valence-corrected chi connectivity index (χ0v) is 14.7. The molecule has 0 aliphatic heterocycles. The molecule has 1 atom stereocenters. The highest BCUT2D eigenvalue weighted by Crippen LogP contribution is 2.17. The first-order chi connectivity index (χ1) is 13.0. The Balaban J connectivity index is 1.51. The molecule has 0 aliphatic carbocycles. The van der Waals surface area contributed by atoms with Crippen LogP contribution in [0.3, 0.4) is 0 Å². The molecule has 5 nitrogen and oxygen atoms in total. The van der Waals surface area contributed by atoms with Crippen LogP contribution >= 0.6 is 0 Å². The van der Waals surface area contributed by atoms with Crippen molar-refractivity contribution in [3.63, 3.8) is 0 Å². The molecule has 2 amide bonds. The average Bonchev–Trinajstić information content (AvgIpc) is 2.67. The summed E-state index contributed by atoms with van der Waals surface area (Å²) in [6.45, 7) is 1.47. The summed E-state index contributed by atoms with van der Waals surface area (Å²) in [7, 11) is 0. The van der Waals surface area contributed by atoms with Gasteiger partial charge in [0.2, 0.25) is 5.91 Å². The van der Waals surface area contributed by atoms with Crippen LogP contribution < -0.4 is 15.6 Å². The highest BCUT2D eigenvalue weighted by molar-refractivity contribution is 5.87. The zero-order valence-electron chi connectivity index (χ0n) is 14.7. The number of fused-ring (bicyclic) bond motifs is 1. The summed E-state index contributed by atoms with van der Waals surface area (Å²) in [6.07, 6.45) is -0.851. The molecule has 0 unspecified atom stereocenters. The lowest BCUT2D eigenvalue weighted by Gasteiger charge is -2.15. The second kappa shape index (κ2) is 8.31. The molecule has 138 valence electrons. The Morgan fingerprint density at radius 2 is 1.67 bits per heavy atom. The van der Waals surface area contributed by atoms with Gasteiger partial charge < -0.3 is 4.74 Å². The lowest BCUT2D eigenvalue weighted by molar-refractivity contribution is -0.132. The van der Waals surface area contributed by atoms with E-state index >= 15 is 0 Å². The first-order valence-corrected chi connectivity index (χ1v) is 8.50. The minimum absolute atomic E-state index is 0.0253. The number of hydrazine groups is 1. The third-order valence-electron chi connectivity index (χ3n) is 4.01. The molecule has 0 saturated heterocycles. The van der Waals surface area contributed by atoms with E-state index in [0.29, 0.717) is 0 Å². The fourth-order valence-corrected chi connectivity index (χ4v) is 2.60. The largest absolute Gasteiger partial charge is 0.478 e. The normalized spacial score (nSPS) is 11.6. The molecule has 27 heavy (non-hydrogen) atoms. The van der Waals surface area contributed by atoms with Crippen LogP contribution in [-0.2, 0) is 16.0 Å². The number of carbonyl (C=O) groups excluding carboxylic acids is 2. The van der Waals surface area contributed by atoms with Crippen LogP contribution in [0.2, 0.25) is 0 Å². The highest BCUT2D eigenvalue weighted by atomic mass is 19.1. The van der Waals surface area contributed by atoms with Gasteiger partial charge in [-0.15, -0.1) is 0 Å². The van der Waals surface area contributed by atoms with Crippen LogP contribution in [0.1, 0.15) is 12.5 Å². The molecule has 0 aliphatic rings. The van der Waals surface area contributed by atoms with E-state index in [9.17, 15) is 14.0 Å². The minimum atomic E-state index is -0.970. The van der Waals surface area contributed by atoms with Gasteiger partial charge in [-0.2, -0.15) is 0 Å². The van der Waals surface area contributed by atoms with Crippen molar-refractivity contribution < 1.29 is 18.7 Å². The highest BCUT2D eigenvalue weighted by Gasteiger charge is 2.17. The molecule has 0 radical (unpaired) electrons. The van der Waals surface area contributed by atoms with Gasteiger partial charge in [0, 0.05) is 0 Å². The molecule has 3 rings (SSSR count). The summed E-state index contributed by atoms with van der Waals surface area (Å²) >= 11 is 0. The van der Waals surface area contributed by atoms with Crippen LogP contribution in [0.5, 0.6) is 5.75 Å². The molecule has 0 aromatic heterocycles. The van der Waals surface area contributed by atoms with Crippen LogP contribution in [0.4, 0.5) is 4.39 Å². The minimum Gasteiger partial charge on any atom is -0.478 e. The number of ether oxygens (including phenoxy) is 1. The monoisotopic (exact) mass is 366 g/mol. The van der Waals surface area contributed by atoms with Gasteiger partial charge in [-0.25, -0.2) is 4.39 Å². The fourth-order valence-electron chi connectivity index (χ4n) is 2.60. The molecule has 3 aromatic carbocycles. The van der Waals surface area contributed by atoms with Gasteiger partial charge in [0.05, 0.1) is 6.42 Å². The van der Waals surface area contributed by atoms with Crippen molar-refractivity contribution in [3.8, 4) is 5.75 Å². The fraction of sp³-hybridized carbons (Fsp3) is 0.143. The van der Waals surface area contributed by atoms with Crippen molar-refractivity contribution in [2.24, 2.45) is 0 Å². The number of halogens is 1. The van der Waals surface area contributed by atoms with Crippen molar-refractivity contribution in [3.05, 3.63) is 78.1 Å². The molecule has 0 fully saturated rings. The van der Waals surface area contributed by atoms with E-state index in [2.05, 4.69) is 10.9 Å². The quantitative estimate of drug-likeness (QED) is 0.682. The smallest absolute Gasteiger partial charge is 0.279 e. The SMILES string of the molecule is C[C@H](Oc1ccccc1F)C(=O)NNC(=O)Cc1ccc2ccccc2c1. The summed E-state index contributed by atoms with van der Waals surface area (Å²) < 4.78 is 18.8. The molecule has 0 heterocycles. The van der Waals surface area contributed by atoms with Gasteiger partial charge in [-0.3, -0.25) is 20.4 Å². The molecule has 3 aromatic rings. The van der Waals surface area contributed by atoms with Crippen molar-refractivity contribution in [2.45, 2.75) is 19.4 Å². The lowest BCUT2D eigenvalue weighted by atomic mass is 10.1. The zero-order chi connectivity index (χ0) is 19.2. The molecule has 2 N–H and O–H groups in total. The number of benzene rings is 3. The molecule has 0 saturated carbocycles. The van der Waals surface area contributed by atoms with Gasteiger partial charge in [-0.05, 0) is 35.4 Å². The van der Waals surface area contributed by atoms with E-state index in [4.69, 9.17) is 4.74 Å².